The Labute approximate surface area is 70.1 Å². The Kier molecular flexibility index (Phi) is 2.46. The largest absolute Gasteiger partial charge is 0.259 e. The number of hydrogen-bond acceptors (Lipinski definition) is 4. The molecule has 68 valence electrons. The zero-order valence-electron chi connectivity index (χ0n) is 6.39. The van der Waals surface area contributed by atoms with Crippen molar-refractivity contribution in [3.05, 3.63) is 21.9 Å². The second-order valence-corrected chi connectivity index (χ2v) is 5.03. The molecular weight excluding hydrogens is 182 g/mol. The van der Waals surface area contributed by atoms with Crippen molar-refractivity contribution in [1.82, 2.24) is 0 Å². The van der Waals surface area contributed by atoms with E-state index in [2.05, 4.69) is 0 Å². The van der Waals surface area contributed by atoms with Crippen LogP contribution in [0.4, 0.5) is 0 Å². The standard InChI is InChI=1S/C6H9NO4S/c8-7(9)5-6-1-3-12(10,11)4-2-6/h5H,1-4H2. The van der Waals surface area contributed by atoms with Crippen LogP contribution in [0.2, 0.25) is 0 Å². The second-order valence-electron chi connectivity index (χ2n) is 2.72. The SMILES string of the molecule is O=[N+]([O-])C=C1CCS(=O)(=O)CC1. The Hall–Kier alpha value is -0.910. The number of allylic oxidation sites excluding steroid dienone is 1. The second kappa shape index (κ2) is 3.22. The molecule has 1 heterocycles. The molecule has 0 atom stereocenters. The summed E-state index contributed by atoms with van der Waals surface area (Å²) in [5.41, 5.74) is 0.620. The fraction of sp³-hybridized carbons (Fsp3) is 0.667. The molecule has 1 saturated heterocycles. The molecule has 0 spiro atoms. The highest BCUT2D eigenvalue weighted by atomic mass is 32.2. The molecule has 0 saturated carbocycles. The van der Waals surface area contributed by atoms with Crippen molar-refractivity contribution in [1.29, 1.82) is 0 Å². The molecule has 1 aliphatic heterocycles. The van der Waals surface area contributed by atoms with Gasteiger partial charge in [-0.05, 0) is 12.8 Å². The summed E-state index contributed by atoms with van der Waals surface area (Å²) in [5, 5.41) is 10.0. The topological polar surface area (TPSA) is 77.3 Å². The lowest BCUT2D eigenvalue weighted by Gasteiger charge is -2.11. The molecule has 0 amide bonds. The van der Waals surface area contributed by atoms with Gasteiger partial charge in [-0.1, -0.05) is 0 Å². The third kappa shape index (κ3) is 2.61. The maximum Gasteiger partial charge on any atom is 0.233 e. The summed E-state index contributed by atoms with van der Waals surface area (Å²) in [6, 6.07) is 0. The van der Waals surface area contributed by atoms with Crippen LogP contribution in [-0.2, 0) is 9.84 Å². The van der Waals surface area contributed by atoms with Crippen LogP contribution >= 0.6 is 0 Å². The lowest BCUT2D eigenvalue weighted by molar-refractivity contribution is -0.403. The van der Waals surface area contributed by atoms with Gasteiger partial charge in [0.1, 0.15) is 0 Å². The summed E-state index contributed by atoms with van der Waals surface area (Å²) >= 11 is 0. The van der Waals surface area contributed by atoms with Crippen LogP contribution in [0.3, 0.4) is 0 Å². The first-order chi connectivity index (χ1) is 5.49. The molecular formula is C6H9NO4S. The smallest absolute Gasteiger partial charge is 0.233 e. The molecule has 0 N–H and O–H groups in total. The highest BCUT2D eigenvalue weighted by Crippen LogP contribution is 2.17. The molecule has 5 nitrogen and oxygen atoms in total. The van der Waals surface area contributed by atoms with Crippen LogP contribution in [0, 0.1) is 10.1 Å². The molecule has 1 fully saturated rings. The summed E-state index contributed by atoms with van der Waals surface area (Å²) in [6.45, 7) is 0. The Morgan fingerprint density at radius 1 is 1.33 bits per heavy atom. The average molecular weight is 191 g/mol. The van der Waals surface area contributed by atoms with Crippen molar-refractivity contribution in [3.63, 3.8) is 0 Å². The molecule has 0 aromatic rings. The molecule has 1 aliphatic rings. The van der Waals surface area contributed by atoms with E-state index in [4.69, 9.17) is 0 Å². The van der Waals surface area contributed by atoms with E-state index >= 15 is 0 Å². The van der Waals surface area contributed by atoms with Gasteiger partial charge in [-0.25, -0.2) is 8.42 Å². The van der Waals surface area contributed by atoms with Crippen molar-refractivity contribution < 1.29 is 13.3 Å². The quantitative estimate of drug-likeness (QED) is 0.442. The normalized spacial score (nSPS) is 21.8. The van der Waals surface area contributed by atoms with Gasteiger partial charge in [-0.3, -0.25) is 10.1 Å². The van der Waals surface area contributed by atoms with Crippen molar-refractivity contribution in [2.75, 3.05) is 11.5 Å². The molecule has 0 aromatic heterocycles. The first-order valence-electron chi connectivity index (χ1n) is 3.53. The monoisotopic (exact) mass is 191 g/mol. The van der Waals surface area contributed by atoms with E-state index in [0.717, 1.165) is 6.20 Å². The zero-order valence-corrected chi connectivity index (χ0v) is 7.21. The highest BCUT2D eigenvalue weighted by molar-refractivity contribution is 7.91. The van der Waals surface area contributed by atoms with Gasteiger partial charge in [0.25, 0.3) is 0 Å². The number of nitro groups is 1. The lowest BCUT2D eigenvalue weighted by atomic mass is 10.2. The minimum absolute atomic E-state index is 0.0483. The van der Waals surface area contributed by atoms with Crippen LogP contribution in [0.15, 0.2) is 11.8 Å². The van der Waals surface area contributed by atoms with Gasteiger partial charge in [0, 0.05) is 5.57 Å². The Morgan fingerprint density at radius 3 is 2.25 bits per heavy atom. The van der Waals surface area contributed by atoms with Crippen molar-refractivity contribution in [2.45, 2.75) is 12.8 Å². The molecule has 0 aromatic carbocycles. The van der Waals surface area contributed by atoms with Gasteiger partial charge >= 0.3 is 0 Å². The summed E-state index contributed by atoms with van der Waals surface area (Å²) in [7, 11) is -2.91. The van der Waals surface area contributed by atoms with Crippen molar-refractivity contribution in [2.24, 2.45) is 0 Å². The number of nitrogens with zero attached hydrogens (tertiary/aromatic N) is 1. The van der Waals surface area contributed by atoms with Gasteiger partial charge in [-0.2, -0.15) is 0 Å². The number of rotatable bonds is 1. The average Bonchev–Trinajstić information content (AvgIpc) is 1.93. The van der Waals surface area contributed by atoms with Gasteiger partial charge in [-0.15, -0.1) is 0 Å². The summed E-state index contributed by atoms with van der Waals surface area (Å²) in [6.07, 6.45) is 1.53. The van der Waals surface area contributed by atoms with E-state index in [1.807, 2.05) is 0 Å². The molecule has 12 heavy (non-hydrogen) atoms. The summed E-state index contributed by atoms with van der Waals surface area (Å²) < 4.78 is 21.8. The fourth-order valence-electron chi connectivity index (χ4n) is 1.08. The Balaban J connectivity index is 2.64. The maximum atomic E-state index is 10.9. The van der Waals surface area contributed by atoms with E-state index in [1.54, 1.807) is 0 Å². The van der Waals surface area contributed by atoms with E-state index < -0.39 is 14.8 Å². The van der Waals surface area contributed by atoms with Crippen LogP contribution in [0.5, 0.6) is 0 Å². The summed E-state index contributed by atoms with van der Waals surface area (Å²) in [5.74, 6) is 0.0966. The van der Waals surface area contributed by atoms with Crippen LogP contribution in [-0.4, -0.2) is 24.8 Å². The van der Waals surface area contributed by atoms with Crippen molar-refractivity contribution >= 4 is 9.84 Å². The van der Waals surface area contributed by atoms with Gasteiger partial charge in [0.05, 0.1) is 16.4 Å². The zero-order chi connectivity index (χ0) is 9.19. The molecule has 1 rings (SSSR count). The van der Waals surface area contributed by atoms with E-state index in [0.29, 0.717) is 18.4 Å². The fourth-order valence-corrected chi connectivity index (χ4v) is 2.43. The van der Waals surface area contributed by atoms with Crippen LogP contribution in [0.25, 0.3) is 0 Å². The number of hydrogen-bond donors (Lipinski definition) is 0. The van der Waals surface area contributed by atoms with Gasteiger partial charge in [0.2, 0.25) is 6.20 Å². The predicted molar refractivity (Wildman–Crippen MR) is 43.0 cm³/mol. The predicted octanol–water partition coefficient (Wildman–Crippen LogP) is 0.356. The van der Waals surface area contributed by atoms with Crippen LogP contribution < -0.4 is 0 Å². The van der Waals surface area contributed by atoms with Crippen LogP contribution in [0.1, 0.15) is 12.8 Å². The van der Waals surface area contributed by atoms with Gasteiger partial charge in [0.15, 0.2) is 9.84 Å². The lowest BCUT2D eigenvalue weighted by Crippen LogP contribution is -2.18. The molecule has 0 radical (unpaired) electrons. The third-order valence-corrected chi connectivity index (χ3v) is 3.41. The number of sulfone groups is 1. The molecule has 0 aliphatic carbocycles. The summed E-state index contributed by atoms with van der Waals surface area (Å²) in [4.78, 5) is 9.47. The first-order valence-corrected chi connectivity index (χ1v) is 5.35. The van der Waals surface area contributed by atoms with E-state index in [-0.39, 0.29) is 11.5 Å². The van der Waals surface area contributed by atoms with E-state index in [9.17, 15) is 18.5 Å². The van der Waals surface area contributed by atoms with Gasteiger partial charge < -0.3 is 0 Å². The Morgan fingerprint density at radius 2 is 1.83 bits per heavy atom. The van der Waals surface area contributed by atoms with Crippen molar-refractivity contribution in [3.8, 4) is 0 Å². The Bertz CT molecular complexity index is 300. The minimum atomic E-state index is -2.91. The van der Waals surface area contributed by atoms with E-state index in [1.165, 1.54) is 0 Å². The molecule has 0 unspecified atom stereocenters. The first kappa shape index (κ1) is 9.18. The third-order valence-electron chi connectivity index (χ3n) is 1.76. The highest BCUT2D eigenvalue weighted by Gasteiger charge is 2.20. The maximum absolute atomic E-state index is 10.9. The molecule has 6 heteroatoms. The minimum Gasteiger partial charge on any atom is -0.259 e. The molecule has 0 bridgehead atoms.